The highest BCUT2D eigenvalue weighted by Gasteiger charge is 2.24. The molecule has 2 N–H and O–H groups in total. The Bertz CT molecular complexity index is 550. The van der Waals surface area contributed by atoms with Gasteiger partial charge in [-0.15, -0.1) is 0 Å². The molecule has 0 saturated heterocycles. The second-order valence-corrected chi connectivity index (χ2v) is 6.53. The molecule has 1 rings (SSSR count). The lowest BCUT2D eigenvalue weighted by Crippen LogP contribution is -2.46. The lowest BCUT2D eigenvalue weighted by Gasteiger charge is -2.24. The van der Waals surface area contributed by atoms with Crippen LogP contribution >= 0.6 is 0 Å². The largest absolute Gasteiger partial charge is 0.444 e. The van der Waals surface area contributed by atoms with Crippen molar-refractivity contribution in [3.05, 3.63) is 34.9 Å². The lowest BCUT2D eigenvalue weighted by molar-refractivity contribution is 0.0459. The van der Waals surface area contributed by atoms with Crippen LogP contribution in [0.25, 0.3) is 0 Å². The number of ether oxygens (including phenoxy) is 1. The van der Waals surface area contributed by atoms with Gasteiger partial charge in [0, 0.05) is 0 Å². The first-order valence-corrected chi connectivity index (χ1v) is 7.25. The van der Waals surface area contributed by atoms with E-state index in [4.69, 9.17) is 10.00 Å². The third kappa shape index (κ3) is 6.15. The molecule has 0 saturated carbocycles. The zero-order valence-electron chi connectivity index (χ0n) is 13.8. The second kappa shape index (κ2) is 7.28. The number of aliphatic hydroxyl groups excluding tert-OH is 1. The summed E-state index contributed by atoms with van der Waals surface area (Å²) in [6.45, 7) is 9.23. The van der Waals surface area contributed by atoms with Gasteiger partial charge in [-0.05, 0) is 46.6 Å². The number of carbonyl (C=O) groups is 1. The SMILES string of the molecule is Cc1cc(C)cc(C[C@H](NC(=O)OC(C)(C)C)C(O)C#N)c1. The molecule has 1 aromatic carbocycles. The molecule has 120 valence electrons. The maximum absolute atomic E-state index is 11.9. The molecule has 0 fully saturated rings. The minimum atomic E-state index is -1.30. The van der Waals surface area contributed by atoms with Crippen molar-refractivity contribution in [1.82, 2.24) is 5.32 Å². The van der Waals surface area contributed by atoms with Gasteiger partial charge in [0.1, 0.15) is 5.60 Å². The topological polar surface area (TPSA) is 82.3 Å². The van der Waals surface area contributed by atoms with Crippen molar-refractivity contribution in [3.63, 3.8) is 0 Å². The van der Waals surface area contributed by atoms with Crippen LogP contribution in [-0.2, 0) is 11.2 Å². The Labute approximate surface area is 131 Å². The monoisotopic (exact) mass is 304 g/mol. The number of nitrogens with zero attached hydrogens (tertiary/aromatic N) is 1. The maximum atomic E-state index is 11.9. The average molecular weight is 304 g/mol. The van der Waals surface area contributed by atoms with Gasteiger partial charge in [0.05, 0.1) is 12.1 Å². The fraction of sp³-hybridized carbons (Fsp3) is 0.529. The third-order valence-corrected chi connectivity index (χ3v) is 2.95. The van der Waals surface area contributed by atoms with E-state index in [-0.39, 0.29) is 0 Å². The van der Waals surface area contributed by atoms with Crippen molar-refractivity contribution < 1.29 is 14.6 Å². The number of benzene rings is 1. The lowest BCUT2D eigenvalue weighted by atomic mass is 9.98. The number of amides is 1. The van der Waals surface area contributed by atoms with E-state index in [2.05, 4.69) is 5.32 Å². The summed E-state index contributed by atoms with van der Waals surface area (Å²) >= 11 is 0. The number of aliphatic hydroxyl groups is 1. The maximum Gasteiger partial charge on any atom is 0.408 e. The molecule has 0 bridgehead atoms. The van der Waals surface area contributed by atoms with E-state index < -0.39 is 23.8 Å². The average Bonchev–Trinajstić information content (AvgIpc) is 2.33. The number of carbonyl (C=O) groups excluding carboxylic acids is 1. The molecule has 0 heterocycles. The number of nitrogens with one attached hydrogen (secondary N) is 1. The molecule has 0 spiro atoms. The Morgan fingerprint density at radius 1 is 1.32 bits per heavy atom. The van der Waals surface area contributed by atoms with Gasteiger partial charge in [0.25, 0.3) is 0 Å². The van der Waals surface area contributed by atoms with E-state index in [9.17, 15) is 9.90 Å². The first kappa shape index (κ1) is 18.0. The molecule has 5 heteroatoms. The van der Waals surface area contributed by atoms with Gasteiger partial charge in [0.15, 0.2) is 6.10 Å². The number of alkyl carbamates (subject to hydrolysis) is 1. The summed E-state index contributed by atoms with van der Waals surface area (Å²) in [5.41, 5.74) is 2.51. The normalized spacial score (nSPS) is 13.9. The Morgan fingerprint density at radius 2 is 1.86 bits per heavy atom. The van der Waals surface area contributed by atoms with Crippen molar-refractivity contribution in [1.29, 1.82) is 5.26 Å². The molecule has 5 nitrogen and oxygen atoms in total. The number of hydrogen-bond donors (Lipinski definition) is 2. The summed E-state index contributed by atoms with van der Waals surface area (Å²) < 4.78 is 5.18. The summed E-state index contributed by atoms with van der Waals surface area (Å²) in [6.07, 6.45) is -1.58. The Morgan fingerprint density at radius 3 is 2.32 bits per heavy atom. The molecule has 0 aliphatic heterocycles. The van der Waals surface area contributed by atoms with Crippen molar-refractivity contribution in [2.45, 2.75) is 58.8 Å². The van der Waals surface area contributed by atoms with Crippen LogP contribution in [0.15, 0.2) is 18.2 Å². The Kier molecular flexibility index (Phi) is 5.95. The van der Waals surface area contributed by atoms with Crippen LogP contribution in [0.3, 0.4) is 0 Å². The molecular formula is C17H24N2O3. The predicted octanol–water partition coefficient (Wildman–Crippen LogP) is 2.62. The fourth-order valence-electron chi connectivity index (χ4n) is 2.23. The van der Waals surface area contributed by atoms with Crippen LogP contribution in [0, 0.1) is 25.2 Å². The summed E-state index contributed by atoms with van der Waals surface area (Å²) in [5, 5.41) is 21.4. The Balaban J connectivity index is 2.85. The van der Waals surface area contributed by atoms with Gasteiger partial charge >= 0.3 is 6.09 Å². The van der Waals surface area contributed by atoms with Crippen molar-refractivity contribution >= 4 is 6.09 Å². The second-order valence-electron chi connectivity index (χ2n) is 6.53. The molecule has 0 aliphatic rings. The number of aryl methyl sites for hydroxylation is 2. The van der Waals surface area contributed by atoms with Crippen LogP contribution in [0.1, 0.15) is 37.5 Å². The summed E-state index contributed by atoms with van der Waals surface area (Å²) in [4.78, 5) is 11.9. The van der Waals surface area contributed by atoms with Crippen LogP contribution < -0.4 is 5.32 Å². The van der Waals surface area contributed by atoms with Gasteiger partial charge in [-0.1, -0.05) is 29.3 Å². The first-order valence-electron chi connectivity index (χ1n) is 7.25. The first-order chi connectivity index (χ1) is 10.1. The summed E-state index contributed by atoms with van der Waals surface area (Å²) in [5.74, 6) is 0. The van der Waals surface area contributed by atoms with E-state index in [1.54, 1.807) is 26.8 Å². The molecule has 22 heavy (non-hydrogen) atoms. The highest BCUT2D eigenvalue weighted by Crippen LogP contribution is 2.13. The number of rotatable bonds is 4. The molecule has 0 aliphatic carbocycles. The molecule has 1 amide bonds. The van der Waals surface area contributed by atoms with E-state index in [0.29, 0.717) is 6.42 Å². The Hall–Kier alpha value is -2.06. The number of hydrogen-bond acceptors (Lipinski definition) is 4. The number of nitriles is 1. The van der Waals surface area contributed by atoms with E-state index in [1.165, 1.54) is 0 Å². The minimum absolute atomic E-state index is 0.358. The van der Waals surface area contributed by atoms with Crippen molar-refractivity contribution in [3.8, 4) is 6.07 Å². The van der Waals surface area contributed by atoms with E-state index >= 15 is 0 Å². The van der Waals surface area contributed by atoms with Crippen molar-refractivity contribution in [2.75, 3.05) is 0 Å². The van der Waals surface area contributed by atoms with Crippen LogP contribution in [0.5, 0.6) is 0 Å². The van der Waals surface area contributed by atoms with Crippen LogP contribution in [-0.4, -0.2) is 28.9 Å². The van der Waals surface area contributed by atoms with E-state index in [1.807, 2.05) is 32.0 Å². The minimum Gasteiger partial charge on any atom is -0.444 e. The van der Waals surface area contributed by atoms with E-state index in [0.717, 1.165) is 16.7 Å². The highest BCUT2D eigenvalue weighted by atomic mass is 16.6. The summed E-state index contributed by atoms with van der Waals surface area (Å²) in [7, 11) is 0. The third-order valence-electron chi connectivity index (χ3n) is 2.95. The molecule has 1 aromatic rings. The van der Waals surface area contributed by atoms with Gasteiger partial charge < -0.3 is 15.2 Å². The standard InChI is InChI=1S/C17H24N2O3/c1-11-6-12(2)8-13(7-11)9-14(15(20)10-18)19-16(21)22-17(3,4)5/h6-8,14-15,20H,9H2,1-5H3,(H,19,21)/t14-,15?/m0/s1. The zero-order valence-corrected chi connectivity index (χ0v) is 13.8. The van der Waals surface area contributed by atoms with Crippen LogP contribution in [0.4, 0.5) is 4.79 Å². The smallest absolute Gasteiger partial charge is 0.408 e. The van der Waals surface area contributed by atoms with Gasteiger partial charge in [-0.25, -0.2) is 4.79 Å². The van der Waals surface area contributed by atoms with Gasteiger partial charge in [0.2, 0.25) is 0 Å². The van der Waals surface area contributed by atoms with Gasteiger partial charge in [-0.3, -0.25) is 0 Å². The molecule has 0 radical (unpaired) electrons. The zero-order chi connectivity index (χ0) is 16.9. The summed E-state index contributed by atoms with van der Waals surface area (Å²) in [6, 6.07) is 7.04. The van der Waals surface area contributed by atoms with Gasteiger partial charge in [-0.2, -0.15) is 5.26 Å². The van der Waals surface area contributed by atoms with Crippen molar-refractivity contribution in [2.24, 2.45) is 0 Å². The highest BCUT2D eigenvalue weighted by molar-refractivity contribution is 5.68. The predicted molar refractivity (Wildman–Crippen MR) is 84.4 cm³/mol. The quantitative estimate of drug-likeness (QED) is 0.838. The molecule has 1 unspecified atom stereocenters. The molecular weight excluding hydrogens is 280 g/mol. The molecule has 2 atom stereocenters. The molecule has 0 aromatic heterocycles. The van der Waals surface area contributed by atoms with Crippen LogP contribution in [0.2, 0.25) is 0 Å². The fourth-order valence-corrected chi connectivity index (χ4v) is 2.23.